The van der Waals surface area contributed by atoms with Crippen LogP contribution in [0.1, 0.15) is 49.7 Å². The third-order valence-corrected chi connectivity index (χ3v) is 5.53. The Kier molecular flexibility index (Phi) is 3.72. The molecule has 2 aliphatic rings. The highest BCUT2D eigenvalue weighted by atomic mass is 32.1. The van der Waals surface area contributed by atoms with Crippen LogP contribution in [-0.2, 0) is 0 Å². The van der Waals surface area contributed by atoms with Gasteiger partial charge in [-0.3, -0.25) is 0 Å². The summed E-state index contributed by atoms with van der Waals surface area (Å²) in [4.78, 5) is 3.03. The van der Waals surface area contributed by atoms with Crippen molar-refractivity contribution in [3.05, 3.63) is 29.3 Å². The predicted octanol–water partition coefficient (Wildman–Crippen LogP) is 3.79. The fraction of sp³-hybridized carbons (Fsp3) is 0.588. The summed E-state index contributed by atoms with van der Waals surface area (Å²) in [5.41, 5.74) is 10.2. The number of para-hydroxylation sites is 1. The fourth-order valence-corrected chi connectivity index (χ4v) is 4.27. The van der Waals surface area contributed by atoms with Crippen molar-refractivity contribution in [1.82, 2.24) is 0 Å². The first-order chi connectivity index (χ1) is 9.61. The molecule has 1 aromatic rings. The van der Waals surface area contributed by atoms with Crippen molar-refractivity contribution in [3.63, 3.8) is 0 Å². The molecule has 0 aromatic heterocycles. The molecular formula is C17H24N2S. The SMILES string of the molecule is Cc1cccc(C(N)=S)c1N1CCC2(CCCC2)CC1. The zero-order chi connectivity index (χ0) is 14.2. The third kappa shape index (κ3) is 2.44. The highest BCUT2D eigenvalue weighted by Crippen LogP contribution is 2.47. The summed E-state index contributed by atoms with van der Waals surface area (Å²) in [7, 11) is 0. The lowest BCUT2D eigenvalue weighted by molar-refractivity contribution is 0.226. The average molecular weight is 288 g/mol. The number of aryl methyl sites for hydroxylation is 1. The summed E-state index contributed by atoms with van der Waals surface area (Å²) in [6.45, 7) is 4.47. The Hall–Kier alpha value is -1.09. The minimum absolute atomic E-state index is 0.518. The summed E-state index contributed by atoms with van der Waals surface area (Å²) < 4.78 is 0. The van der Waals surface area contributed by atoms with E-state index in [0.717, 1.165) is 18.7 Å². The van der Waals surface area contributed by atoms with Gasteiger partial charge >= 0.3 is 0 Å². The molecule has 1 saturated heterocycles. The zero-order valence-corrected chi connectivity index (χ0v) is 13.1. The Bertz CT molecular complexity index is 508. The molecule has 2 N–H and O–H groups in total. The predicted molar refractivity (Wildman–Crippen MR) is 89.4 cm³/mol. The molecule has 108 valence electrons. The first kappa shape index (κ1) is 13.9. The van der Waals surface area contributed by atoms with Crippen molar-refractivity contribution in [2.75, 3.05) is 18.0 Å². The molecule has 3 rings (SSSR count). The van der Waals surface area contributed by atoms with Gasteiger partial charge in [-0.25, -0.2) is 0 Å². The van der Waals surface area contributed by atoms with E-state index in [0.29, 0.717) is 10.4 Å². The largest absolute Gasteiger partial charge is 0.389 e. The van der Waals surface area contributed by atoms with Gasteiger partial charge in [0.2, 0.25) is 0 Å². The van der Waals surface area contributed by atoms with Gasteiger partial charge in [0.1, 0.15) is 4.99 Å². The van der Waals surface area contributed by atoms with Crippen LogP contribution in [0.5, 0.6) is 0 Å². The first-order valence-corrected chi connectivity index (χ1v) is 8.17. The maximum absolute atomic E-state index is 5.91. The quantitative estimate of drug-likeness (QED) is 0.840. The molecule has 0 radical (unpaired) electrons. The van der Waals surface area contributed by atoms with Crippen LogP contribution in [-0.4, -0.2) is 18.1 Å². The van der Waals surface area contributed by atoms with Gasteiger partial charge in [-0.15, -0.1) is 0 Å². The summed E-state index contributed by atoms with van der Waals surface area (Å²) in [5.74, 6) is 0. The summed E-state index contributed by atoms with van der Waals surface area (Å²) in [6, 6.07) is 6.28. The summed E-state index contributed by atoms with van der Waals surface area (Å²) >= 11 is 5.23. The molecule has 1 spiro atoms. The second kappa shape index (κ2) is 5.36. The van der Waals surface area contributed by atoms with E-state index in [1.807, 2.05) is 0 Å². The minimum Gasteiger partial charge on any atom is -0.389 e. The molecule has 1 heterocycles. The summed E-state index contributed by atoms with van der Waals surface area (Å²) in [6.07, 6.45) is 8.41. The van der Waals surface area contributed by atoms with Gasteiger partial charge in [-0.05, 0) is 49.7 Å². The molecule has 3 heteroatoms. The number of nitrogens with zero attached hydrogens (tertiary/aromatic N) is 1. The zero-order valence-electron chi connectivity index (χ0n) is 12.3. The lowest BCUT2D eigenvalue weighted by Crippen LogP contribution is -2.40. The Morgan fingerprint density at radius 1 is 1.15 bits per heavy atom. The number of anilines is 1. The number of benzene rings is 1. The Balaban J connectivity index is 1.83. The fourth-order valence-electron chi connectivity index (χ4n) is 4.11. The van der Waals surface area contributed by atoms with Crippen LogP contribution >= 0.6 is 12.2 Å². The molecule has 1 aromatic carbocycles. The number of rotatable bonds is 2. The maximum atomic E-state index is 5.91. The Labute approximate surface area is 127 Å². The van der Waals surface area contributed by atoms with Crippen LogP contribution in [0, 0.1) is 12.3 Å². The van der Waals surface area contributed by atoms with Gasteiger partial charge < -0.3 is 10.6 Å². The highest BCUT2D eigenvalue weighted by molar-refractivity contribution is 7.80. The van der Waals surface area contributed by atoms with Crippen molar-refractivity contribution in [2.24, 2.45) is 11.1 Å². The monoisotopic (exact) mass is 288 g/mol. The number of hydrogen-bond donors (Lipinski definition) is 1. The van der Waals surface area contributed by atoms with E-state index in [-0.39, 0.29) is 0 Å². The van der Waals surface area contributed by atoms with Gasteiger partial charge in [0.25, 0.3) is 0 Å². The number of nitrogens with two attached hydrogens (primary N) is 1. The summed E-state index contributed by atoms with van der Waals surface area (Å²) in [5, 5.41) is 0. The van der Waals surface area contributed by atoms with Gasteiger partial charge in [0, 0.05) is 24.3 Å². The average Bonchev–Trinajstić information content (AvgIpc) is 2.88. The van der Waals surface area contributed by atoms with Crippen molar-refractivity contribution in [3.8, 4) is 0 Å². The normalized spacial score (nSPS) is 21.4. The van der Waals surface area contributed by atoms with Crippen LogP contribution in [0.3, 0.4) is 0 Å². The van der Waals surface area contributed by atoms with Gasteiger partial charge in [-0.2, -0.15) is 0 Å². The molecular weight excluding hydrogens is 264 g/mol. The van der Waals surface area contributed by atoms with Crippen molar-refractivity contribution in [2.45, 2.75) is 45.4 Å². The molecule has 1 saturated carbocycles. The molecule has 0 unspecified atom stereocenters. The van der Waals surface area contributed by atoms with E-state index in [9.17, 15) is 0 Å². The topological polar surface area (TPSA) is 29.3 Å². The molecule has 2 fully saturated rings. The third-order valence-electron chi connectivity index (χ3n) is 5.31. The molecule has 0 bridgehead atoms. The van der Waals surface area contributed by atoms with E-state index < -0.39 is 0 Å². The van der Waals surface area contributed by atoms with Crippen LogP contribution in [0.15, 0.2) is 18.2 Å². The molecule has 0 amide bonds. The lowest BCUT2D eigenvalue weighted by Gasteiger charge is -2.41. The van der Waals surface area contributed by atoms with Crippen LogP contribution in [0.2, 0.25) is 0 Å². The van der Waals surface area contributed by atoms with E-state index in [1.165, 1.54) is 49.8 Å². The van der Waals surface area contributed by atoms with Gasteiger partial charge in [-0.1, -0.05) is 37.2 Å². The highest BCUT2D eigenvalue weighted by Gasteiger charge is 2.37. The molecule has 0 atom stereocenters. The number of piperidine rings is 1. The first-order valence-electron chi connectivity index (χ1n) is 7.76. The van der Waals surface area contributed by atoms with Crippen LogP contribution in [0.4, 0.5) is 5.69 Å². The van der Waals surface area contributed by atoms with Crippen molar-refractivity contribution in [1.29, 1.82) is 0 Å². The Morgan fingerprint density at radius 2 is 1.80 bits per heavy atom. The van der Waals surface area contributed by atoms with E-state index in [4.69, 9.17) is 18.0 Å². The molecule has 2 nitrogen and oxygen atoms in total. The molecule has 1 aliphatic carbocycles. The minimum atomic E-state index is 0.518. The van der Waals surface area contributed by atoms with Gasteiger partial charge in [0.15, 0.2) is 0 Å². The number of hydrogen-bond acceptors (Lipinski definition) is 2. The standard InChI is InChI=1S/C17H24N2S/c1-13-5-4-6-14(16(18)20)15(13)19-11-9-17(10-12-19)7-2-3-8-17/h4-6H,2-3,7-12H2,1H3,(H2,18,20). The van der Waals surface area contributed by atoms with Crippen LogP contribution < -0.4 is 10.6 Å². The van der Waals surface area contributed by atoms with E-state index in [2.05, 4.69) is 30.0 Å². The second-order valence-electron chi connectivity index (χ2n) is 6.53. The van der Waals surface area contributed by atoms with Gasteiger partial charge in [0.05, 0.1) is 0 Å². The second-order valence-corrected chi connectivity index (χ2v) is 6.97. The maximum Gasteiger partial charge on any atom is 0.106 e. The lowest BCUT2D eigenvalue weighted by atomic mass is 9.77. The molecule has 20 heavy (non-hydrogen) atoms. The Morgan fingerprint density at radius 3 is 2.40 bits per heavy atom. The van der Waals surface area contributed by atoms with Crippen molar-refractivity contribution < 1.29 is 0 Å². The molecule has 1 aliphatic heterocycles. The van der Waals surface area contributed by atoms with Crippen molar-refractivity contribution >= 4 is 22.9 Å². The smallest absolute Gasteiger partial charge is 0.106 e. The number of thiocarbonyl (C=S) groups is 1. The van der Waals surface area contributed by atoms with E-state index >= 15 is 0 Å². The van der Waals surface area contributed by atoms with Crippen LogP contribution in [0.25, 0.3) is 0 Å². The van der Waals surface area contributed by atoms with E-state index in [1.54, 1.807) is 0 Å².